The van der Waals surface area contributed by atoms with E-state index in [9.17, 15) is 14.7 Å². The average Bonchev–Trinajstić information content (AvgIpc) is 2.61. The molecular formula is C19H19Cl2NO4. The number of hydrogen-bond donors (Lipinski definition) is 2. The summed E-state index contributed by atoms with van der Waals surface area (Å²) in [5.41, 5.74) is 1.48. The fraction of sp³-hybridized carbons (Fsp3) is 0.263. The molecule has 0 heterocycles. The molecule has 0 bridgehead atoms. The molecule has 7 heteroatoms. The van der Waals surface area contributed by atoms with Gasteiger partial charge in [-0.25, -0.2) is 0 Å². The van der Waals surface area contributed by atoms with Crippen molar-refractivity contribution in [1.29, 1.82) is 0 Å². The normalized spacial score (nSPS) is 11.7. The van der Waals surface area contributed by atoms with Crippen LogP contribution in [0, 0.1) is 5.92 Å². The molecule has 2 rings (SSSR count). The van der Waals surface area contributed by atoms with Crippen LogP contribution < -0.4 is 10.1 Å². The molecule has 2 N–H and O–H groups in total. The molecule has 0 saturated heterocycles. The van der Waals surface area contributed by atoms with Crippen molar-refractivity contribution in [3.05, 3.63) is 63.6 Å². The van der Waals surface area contributed by atoms with Crippen molar-refractivity contribution in [3.8, 4) is 5.75 Å². The number of carbonyl (C=O) groups is 2. The van der Waals surface area contributed by atoms with Gasteiger partial charge in [-0.1, -0.05) is 47.5 Å². The Bertz CT molecular complexity index is 795. The molecule has 2 aromatic carbocycles. The highest BCUT2D eigenvalue weighted by atomic mass is 35.5. The second-order valence-electron chi connectivity index (χ2n) is 5.78. The third-order valence-corrected chi connectivity index (χ3v) is 4.64. The van der Waals surface area contributed by atoms with Crippen LogP contribution in [0.15, 0.2) is 42.5 Å². The summed E-state index contributed by atoms with van der Waals surface area (Å²) in [6.45, 7) is 0.0214. The van der Waals surface area contributed by atoms with Crippen molar-refractivity contribution in [3.63, 3.8) is 0 Å². The monoisotopic (exact) mass is 395 g/mol. The zero-order chi connectivity index (χ0) is 19.1. The Labute approximate surface area is 161 Å². The van der Waals surface area contributed by atoms with Gasteiger partial charge < -0.3 is 15.2 Å². The number of carbonyl (C=O) groups excluding carboxylic acids is 1. The molecule has 0 radical (unpaired) electrons. The van der Waals surface area contributed by atoms with E-state index < -0.39 is 11.9 Å². The third kappa shape index (κ3) is 5.64. The highest BCUT2D eigenvalue weighted by Crippen LogP contribution is 2.23. The van der Waals surface area contributed by atoms with E-state index in [0.717, 1.165) is 5.56 Å². The number of amides is 1. The van der Waals surface area contributed by atoms with Gasteiger partial charge in [-0.2, -0.15) is 0 Å². The fourth-order valence-electron chi connectivity index (χ4n) is 2.52. The number of methoxy groups -OCH3 is 1. The van der Waals surface area contributed by atoms with Crippen LogP contribution in [0.4, 0.5) is 0 Å². The Morgan fingerprint density at radius 3 is 2.54 bits per heavy atom. The van der Waals surface area contributed by atoms with Crippen LogP contribution in [0.25, 0.3) is 0 Å². The molecule has 0 aliphatic heterocycles. The Balaban J connectivity index is 1.96. The first kappa shape index (κ1) is 20.1. The Hall–Kier alpha value is -2.24. The smallest absolute Gasteiger partial charge is 0.308 e. The largest absolute Gasteiger partial charge is 0.496 e. The molecule has 0 saturated carbocycles. The molecule has 1 unspecified atom stereocenters. The number of carboxylic acids is 1. The Kier molecular flexibility index (Phi) is 7.30. The molecule has 0 fully saturated rings. The van der Waals surface area contributed by atoms with Crippen molar-refractivity contribution in [2.45, 2.75) is 12.8 Å². The van der Waals surface area contributed by atoms with Gasteiger partial charge in [0, 0.05) is 6.54 Å². The number of benzene rings is 2. The number of ether oxygens (including phenoxy) is 1. The maximum Gasteiger partial charge on any atom is 0.308 e. The molecule has 0 aliphatic rings. The minimum absolute atomic E-state index is 0.0214. The van der Waals surface area contributed by atoms with E-state index in [0.29, 0.717) is 21.4 Å². The Morgan fingerprint density at radius 1 is 1.15 bits per heavy atom. The zero-order valence-electron chi connectivity index (χ0n) is 14.2. The zero-order valence-corrected chi connectivity index (χ0v) is 15.7. The molecule has 26 heavy (non-hydrogen) atoms. The number of hydrogen-bond acceptors (Lipinski definition) is 3. The molecule has 138 valence electrons. The standard InChI is InChI=1S/C19H19Cl2NO4/c1-26-17-5-3-2-4-13(17)10-14(19(24)25)11-22-18(23)9-12-6-7-15(20)16(21)8-12/h2-8,14H,9-11H2,1H3,(H,22,23)(H,24,25). The molecule has 0 aliphatic carbocycles. The quantitative estimate of drug-likeness (QED) is 0.715. The maximum absolute atomic E-state index is 12.1. The molecule has 1 atom stereocenters. The lowest BCUT2D eigenvalue weighted by Gasteiger charge is -2.15. The van der Waals surface area contributed by atoms with Crippen molar-refractivity contribution in [2.75, 3.05) is 13.7 Å². The number of carboxylic acid groups (broad SMARTS) is 1. The second kappa shape index (κ2) is 9.46. The number of halogens is 2. The van der Waals surface area contributed by atoms with E-state index in [1.165, 1.54) is 7.11 Å². The number of para-hydroxylation sites is 1. The van der Waals surface area contributed by atoms with Gasteiger partial charge >= 0.3 is 5.97 Å². The van der Waals surface area contributed by atoms with Crippen molar-refractivity contribution in [2.24, 2.45) is 5.92 Å². The van der Waals surface area contributed by atoms with E-state index >= 15 is 0 Å². The molecular weight excluding hydrogens is 377 g/mol. The average molecular weight is 396 g/mol. The van der Waals surface area contributed by atoms with Gasteiger partial charge in [0.2, 0.25) is 5.91 Å². The summed E-state index contributed by atoms with van der Waals surface area (Å²) in [4.78, 5) is 23.6. The summed E-state index contributed by atoms with van der Waals surface area (Å²) in [5.74, 6) is -1.40. The lowest BCUT2D eigenvalue weighted by atomic mass is 9.98. The van der Waals surface area contributed by atoms with Gasteiger partial charge in [-0.15, -0.1) is 0 Å². The first-order chi connectivity index (χ1) is 12.4. The fourth-order valence-corrected chi connectivity index (χ4v) is 2.84. The van der Waals surface area contributed by atoms with Gasteiger partial charge in [0.1, 0.15) is 5.75 Å². The summed E-state index contributed by atoms with van der Waals surface area (Å²) in [6, 6.07) is 12.2. The summed E-state index contributed by atoms with van der Waals surface area (Å²) < 4.78 is 5.25. The van der Waals surface area contributed by atoms with Crippen molar-refractivity contribution < 1.29 is 19.4 Å². The minimum Gasteiger partial charge on any atom is -0.496 e. The lowest BCUT2D eigenvalue weighted by molar-refractivity contribution is -0.141. The van der Waals surface area contributed by atoms with Crippen LogP contribution in [0.3, 0.4) is 0 Å². The summed E-state index contributed by atoms with van der Waals surface area (Å²) >= 11 is 11.8. The molecule has 2 aromatic rings. The highest BCUT2D eigenvalue weighted by Gasteiger charge is 2.20. The van der Waals surface area contributed by atoms with Gasteiger partial charge in [-0.05, 0) is 35.7 Å². The Morgan fingerprint density at radius 2 is 1.88 bits per heavy atom. The number of aliphatic carboxylic acids is 1. The highest BCUT2D eigenvalue weighted by molar-refractivity contribution is 6.42. The molecule has 0 aromatic heterocycles. The first-order valence-electron chi connectivity index (χ1n) is 7.96. The van der Waals surface area contributed by atoms with Crippen LogP contribution >= 0.6 is 23.2 Å². The van der Waals surface area contributed by atoms with Gasteiger partial charge in [-0.3, -0.25) is 9.59 Å². The van der Waals surface area contributed by atoms with Crippen molar-refractivity contribution >= 4 is 35.1 Å². The topological polar surface area (TPSA) is 75.6 Å². The molecule has 5 nitrogen and oxygen atoms in total. The van der Waals surface area contributed by atoms with Crippen LogP contribution in [0.5, 0.6) is 5.75 Å². The van der Waals surface area contributed by atoms with Crippen LogP contribution in [0.1, 0.15) is 11.1 Å². The summed E-state index contributed by atoms with van der Waals surface area (Å²) in [6.07, 6.45) is 0.351. The number of rotatable bonds is 8. The minimum atomic E-state index is -0.981. The van der Waals surface area contributed by atoms with Crippen LogP contribution in [0.2, 0.25) is 10.0 Å². The van der Waals surface area contributed by atoms with Gasteiger partial charge in [0.25, 0.3) is 0 Å². The van der Waals surface area contributed by atoms with Crippen molar-refractivity contribution in [1.82, 2.24) is 5.32 Å². The van der Waals surface area contributed by atoms with E-state index in [2.05, 4.69) is 5.32 Å². The first-order valence-corrected chi connectivity index (χ1v) is 8.71. The van der Waals surface area contributed by atoms with Crippen LogP contribution in [-0.2, 0) is 22.4 Å². The third-order valence-electron chi connectivity index (χ3n) is 3.90. The van der Waals surface area contributed by atoms with Crippen LogP contribution in [-0.4, -0.2) is 30.6 Å². The lowest BCUT2D eigenvalue weighted by Crippen LogP contribution is -2.35. The molecule has 1 amide bonds. The summed E-state index contributed by atoms with van der Waals surface area (Å²) in [7, 11) is 1.54. The maximum atomic E-state index is 12.1. The summed E-state index contributed by atoms with van der Waals surface area (Å²) in [5, 5.41) is 12.9. The van der Waals surface area contributed by atoms with Gasteiger partial charge in [0.05, 0.1) is 29.5 Å². The van der Waals surface area contributed by atoms with E-state index in [1.54, 1.807) is 24.3 Å². The second-order valence-corrected chi connectivity index (χ2v) is 6.59. The number of nitrogens with one attached hydrogen (secondary N) is 1. The SMILES string of the molecule is COc1ccccc1CC(CNC(=O)Cc1ccc(Cl)c(Cl)c1)C(=O)O. The molecule has 0 spiro atoms. The van der Waals surface area contributed by atoms with E-state index in [1.807, 2.05) is 18.2 Å². The van der Waals surface area contributed by atoms with Gasteiger partial charge in [0.15, 0.2) is 0 Å². The van der Waals surface area contributed by atoms with E-state index in [4.69, 9.17) is 27.9 Å². The predicted molar refractivity (Wildman–Crippen MR) is 101 cm³/mol. The predicted octanol–water partition coefficient (Wildman–Crippen LogP) is 3.60. The van der Waals surface area contributed by atoms with E-state index in [-0.39, 0.29) is 25.3 Å².